The van der Waals surface area contributed by atoms with Crippen LogP contribution in [0.25, 0.3) is 0 Å². The van der Waals surface area contributed by atoms with Gasteiger partial charge in [0.15, 0.2) is 11.5 Å². The molecule has 2 N–H and O–H groups in total. The summed E-state index contributed by atoms with van der Waals surface area (Å²) in [7, 11) is 3.11. The molecule has 0 saturated heterocycles. The maximum atomic E-state index is 10.6. The SMILES string of the molecule is COc1ccc(CC(CCC(=O)O)NC=O)cc1OC. The molecule has 0 aliphatic heterocycles. The molecule has 0 aliphatic rings. The summed E-state index contributed by atoms with van der Waals surface area (Å²) in [5, 5.41) is 11.3. The minimum absolute atomic E-state index is 0.0127. The van der Waals surface area contributed by atoms with Gasteiger partial charge in [-0.05, 0) is 30.5 Å². The largest absolute Gasteiger partial charge is 0.493 e. The molecule has 6 nitrogen and oxygen atoms in total. The van der Waals surface area contributed by atoms with E-state index in [9.17, 15) is 9.59 Å². The Hall–Kier alpha value is -2.24. The van der Waals surface area contributed by atoms with E-state index in [1.807, 2.05) is 12.1 Å². The molecule has 0 saturated carbocycles. The summed E-state index contributed by atoms with van der Waals surface area (Å²) in [6, 6.07) is 5.24. The van der Waals surface area contributed by atoms with Gasteiger partial charge in [-0.3, -0.25) is 9.59 Å². The number of ether oxygens (including phenoxy) is 2. The third-order valence-electron chi connectivity index (χ3n) is 2.94. The number of benzene rings is 1. The molecule has 0 aliphatic carbocycles. The van der Waals surface area contributed by atoms with Crippen LogP contribution in [0, 0.1) is 0 Å². The van der Waals surface area contributed by atoms with E-state index in [-0.39, 0.29) is 12.5 Å². The average Bonchev–Trinajstić information content (AvgIpc) is 2.44. The highest BCUT2D eigenvalue weighted by Crippen LogP contribution is 2.28. The van der Waals surface area contributed by atoms with Crippen LogP contribution in [-0.4, -0.2) is 37.7 Å². The first kappa shape index (κ1) is 15.8. The fourth-order valence-electron chi connectivity index (χ4n) is 1.93. The molecule has 6 heteroatoms. The highest BCUT2D eigenvalue weighted by atomic mass is 16.5. The molecule has 1 aromatic carbocycles. The van der Waals surface area contributed by atoms with Crippen molar-refractivity contribution in [2.45, 2.75) is 25.3 Å². The van der Waals surface area contributed by atoms with E-state index in [0.717, 1.165) is 5.56 Å². The third-order valence-corrected chi connectivity index (χ3v) is 2.94. The number of carbonyl (C=O) groups excluding carboxylic acids is 1. The molecule has 1 unspecified atom stereocenters. The molecule has 1 rings (SSSR count). The minimum atomic E-state index is -0.880. The van der Waals surface area contributed by atoms with Crippen molar-refractivity contribution in [2.24, 2.45) is 0 Å². The Morgan fingerprint density at radius 2 is 2.05 bits per heavy atom. The van der Waals surface area contributed by atoms with E-state index in [0.29, 0.717) is 30.8 Å². The van der Waals surface area contributed by atoms with Crippen LogP contribution in [0.5, 0.6) is 11.5 Å². The lowest BCUT2D eigenvalue weighted by atomic mass is 10.0. The number of hydrogen-bond acceptors (Lipinski definition) is 4. The van der Waals surface area contributed by atoms with Gasteiger partial charge in [-0.25, -0.2) is 0 Å². The van der Waals surface area contributed by atoms with Gasteiger partial charge in [0, 0.05) is 12.5 Å². The van der Waals surface area contributed by atoms with Gasteiger partial charge in [0.05, 0.1) is 14.2 Å². The number of carbonyl (C=O) groups is 2. The zero-order valence-electron chi connectivity index (χ0n) is 11.6. The van der Waals surface area contributed by atoms with Crippen molar-refractivity contribution in [1.82, 2.24) is 5.32 Å². The zero-order chi connectivity index (χ0) is 15.0. The summed E-state index contributed by atoms with van der Waals surface area (Å²) in [4.78, 5) is 21.2. The highest BCUT2D eigenvalue weighted by Gasteiger charge is 2.12. The summed E-state index contributed by atoms with van der Waals surface area (Å²) in [6.07, 6.45) is 1.51. The number of nitrogens with one attached hydrogen (secondary N) is 1. The van der Waals surface area contributed by atoms with Gasteiger partial charge >= 0.3 is 5.97 Å². The number of carboxylic acid groups (broad SMARTS) is 1. The van der Waals surface area contributed by atoms with Gasteiger partial charge in [-0.15, -0.1) is 0 Å². The molecule has 0 fully saturated rings. The molecular weight excluding hydrogens is 262 g/mol. The molecule has 110 valence electrons. The predicted octanol–water partition coefficient (Wildman–Crippen LogP) is 1.23. The maximum Gasteiger partial charge on any atom is 0.303 e. The molecule has 0 radical (unpaired) electrons. The van der Waals surface area contributed by atoms with Crippen LogP contribution in [0.2, 0.25) is 0 Å². The van der Waals surface area contributed by atoms with E-state index in [4.69, 9.17) is 14.6 Å². The Kier molecular flexibility index (Phi) is 6.36. The minimum Gasteiger partial charge on any atom is -0.493 e. The van der Waals surface area contributed by atoms with Crippen molar-refractivity contribution in [3.05, 3.63) is 23.8 Å². The summed E-state index contributed by atoms with van der Waals surface area (Å²) in [6.45, 7) is 0. The van der Waals surface area contributed by atoms with Crippen LogP contribution in [0.15, 0.2) is 18.2 Å². The van der Waals surface area contributed by atoms with Crippen molar-refractivity contribution < 1.29 is 24.2 Å². The van der Waals surface area contributed by atoms with E-state index in [1.165, 1.54) is 0 Å². The number of aliphatic carboxylic acids is 1. The monoisotopic (exact) mass is 281 g/mol. The third kappa shape index (κ3) is 4.79. The molecule has 1 aromatic rings. The van der Waals surface area contributed by atoms with E-state index >= 15 is 0 Å². The van der Waals surface area contributed by atoms with E-state index < -0.39 is 5.97 Å². The Labute approximate surface area is 117 Å². The van der Waals surface area contributed by atoms with Crippen LogP contribution in [0.4, 0.5) is 0 Å². The Morgan fingerprint density at radius 3 is 2.60 bits per heavy atom. The van der Waals surface area contributed by atoms with E-state index in [1.54, 1.807) is 20.3 Å². The predicted molar refractivity (Wildman–Crippen MR) is 73.1 cm³/mol. The van der Waals surface area contributed by atoms with Gasteiger partial charge in [0.1, 0.15) is 0 Å². The lowest BCUT2D eigenvalue weighted by Gasteiger charge is -2.16. The van der Waals surface area contributed by atoms with Crippen molar-refractivity contribution in [3.8, 4) is 11.5 Å². The highest BCUT2D eigenvalue weighted by molar-refractivity contribution is 5.66. The van der Waals surface area contributed by atoms with Crippen LogP contribution in [0.1, 0.15) is 18.4 Å². The Morgan fingerprint density at radius 1 is 1.35 bits per heavy atom. The first-order valence-electron chi connectivity index (χ1n) is 6.23. The van der Waals surface area contributed by atoms with Crippen molar-refractivity contribution in [3.63, 3.8) is 0 Å². The normalized spacial score (nSPS) is 11.5. The van der Waals surface area contributed by atoms with Gasteiger partial charge in [0.25, 0.3) is 0 Å². The number of hydrogen-bond donors (Lipinski definition) is 2. The molecule has 0 spiro atoms. The van der Waals surface area contributed by atoms with Crippen molar-refractivity contribution in [2.75, 3.05) is 14.2 Å². The number of methoxy groups -OCH3 is 2. The van der Waals surface area contributed by atoms with Gasteiger partial charge in [0.2, 0.25) is 6.41 Å². The summed E-state index contributed by atoms with van der Waals surface area (Å²) in [5.74, 6) is 0.352. The molecular formula is C14H19NO5. The number of rotatable bonds is 9. The smallest absolute Gasteiger partial charge is 0.303 e. The van der Waals surface area contributed by atoms with Crippen LogP contribution in [-0.2, 0) is 16.0 Å². The van der Waals surface area contributed by atoms with Gasteiger partial charge < -0.3 is 19.9 Å². The maximum absolute atomic E-state index is 10.6. The Bertz CT molecular complexity index is 461. The molecule has 0 aromatic heterocycles. The number of carboxylic acids is 1. The molecule has 1 atom stereocenters. The van der Waals surface area contributed by atoms with E-state index in [2.05, 4.69) is 5.32 Å². The van der Waals surface area contributed by atoms with Crippen molar-refractivity contribution in [1.29, 1.82) is 0 Å². The summed E-state index contributed by atoms with van der Waals surface area (Å²) >= 11 is 0. The van der Waals surface area contributed by atoms with Gasteiger partial charge in [-0.2, -0.15) is 0 Å². The molecule has 0 bridgehead atoms. The first-order chi connectivity index (χ1) is 9.60. The van der Waals surface area contributed by atoms with Crippen LogP contribution < -0.4 is 14.8 Å². The standard InChI is InChI=1S/C14H19NO5/c1-19-12-5-3-10(8-13(12)20-2)7-11(15-9-16)4-6-14(17)18/h3,5,8-9,11H,4,6-7H2,1-2H3,(H,15,16)(H,17,18). The summed E-state index contributed by atoms with van der Waals surface area (Å²) < 4.78 is 10.4. The van der Waals surface area contributed by atoms with Crippen LogP contribution in [0.3, 0.4) is 0 Å². The second kappa shape index (κ2) is 8.04. The fourth-order valence-corrected chi connectivity index (χ4v) is 1.93. The second-order valence-electron chi connectivity index (χ2n) is 4.31. The summed E-state index contributed by atoms with van der Waals surface area (Å²) in [5.41, 5.74) is 0.937. The Balaban J connectivity index is 2.76. The van der Waals surface area contributed by atoms with Crippen molar-refractivity contribution >= 4 is 12.4 Å². The topological polar surface area (TPSA) is 84.9 Å². The lowest BCUT2D eigenvalue weighted by Crippen LogP contribution is -2.30. The number of amides is 1. The average molecular weight is 281 g/mol. The molecule has 0 heterocycles. The second-order valence-corrected chi connectivity index (χ2v) is 4.31. The van der Waals surface area contributed by atoms with Gasteiger partial charge in [-0.1, -0.05) is 6.07 Å². The van der Waals surface area contributed by atoms with Crippen LogP contribution >= 0.6 is 0 Å². The fraction of sp³-hybridized carbons (Fsp3) is 0.429. The first-order valence-corrected chi connectivity index (χ1v) is 6.23. The lowest BCUT2D eigenvalue weighted by molar-refractivity contribution is -0.137. The molecule has 1 amide bonds. The zero-order valence-corrected chi connectivity index (χ0v) is 11.6. The quantitative estimate of drug-likeness (QED) is 0.665. The molecule has 20 heavy (non-hydrogen) atoms.